The van der Waals surface area contributed by atoms with Gasteiger partial charge in [0.2, 0.25) is 5.95 Å². The van der Waals surface area contributed by atoms with Crippen molar-refractivity contribution < 1.29 is 18.1 Å². The third kappa shape index (κ3) is 4.81. The summed E-state index contributed by atoms with van der Waals surface area (Å²) in [5, 5.41) is 1.37. The second-order valence-electron chi connectivity index (χ2n) is 13.7. The van der Waals surface area contributed by atoms with Crippen LogP contribution in [0.25, 0.3) is 111 Å². The lowest BCUT2D eigenvalue weighted by atomic mass is 10.0. The van der Waals surface area contributed by atoms with E-state index in [2.05, 4.69) is 0 Å². The molecule has 0 saturated carbocycles. The van der Waals surface area contributed by atoms with Crippen molar-refractivity contribution >= 4 is 65.6 Å². The van der Waals surface area contributed by atoms with Crippen LogP contribution in [0.2, 0.25) is 0 Å². The van der Waals surface area contributed by atoms with E-state index in [-0.39, 0.29) is 61.2 Å². The molecule has 0 saturated heterocycles. The van der Waals surface area contributed by atoms with E-state index < -0.39 is 60.4 Å². The highest BCUT2D eigenvalue weighted by atomic mass is 16.3. The van der Waals surface area contributed by atoms with E-state index in [0.29, 0.717) is 33.4 Å². The maximum Gasteiger partial charge on any atom is 0.238 e. The zero-order valence-corrected chi connectivity index (χ0v) is 29.8. The molecule has 0 aliphatic heterocycles. The minimum absolute atomic E-state index is 0.00273. The van der Waals surface area contributed by atoms with Crippen LogP contribution in [0.1, 0.15) is 13.7 Å². The Labute approximate surface area is 340 Å². The molecule has 12 aromatic rings. The molecule has 0 spiro atoms. The van der Waals surface area contributed by atoms with E-state index in [1.54, 1.807) is 16.7 Å². The fourth-order valence-electron chi connectivity index (χ4n) is 7.94. The smallest absolute Gasteiger partial charge is 0.238 e. The first-order chi connectivity index (χ1) is 32.4. The molecule has 0 fully saturated rings. The highest BCUT2D eigenvalue weighted by Gasteiger charge is 2.24. The Kier molecular flexibility index (Phi) is 5.02. The molecule has 4 heterocycles. The Morgan fingerprint density at radius 3 is 1.63 bits per heavy atom. The molecule has 12 rings (SSSR count). The molecule has 4 aromatic heterocycles. The summed E-state index contributed by atoms with van der Waals surface area (Å²) in [4.78, 5) is 14.9. The van der Waals surface area contributed by atoms with E-state index >= 15 is 0 Å². The average Bonchev–Trinajstić information content (AvgIpc) is 4.05. The predicted molar refractivity (Wildman–Crippen MR) is 232 cm³/mol. The molecule has 6 heteroatoms. The third-order valence-corrected chi connectivity index (χ3v) is 10.5. The van der Waals surface area contributed by atoms with Gasteiger partial charge in [0.05, 0.1) is 35.8 Å². The molecule has 0 aliphatic rings. The number of fused-ring (bicyclic) bond motifs is 10. The molecule has 0 atom stereocenters. The first-order valence-corrected chi connectivity index (χ1v) is 18.3. The van der Waals surface area contributed by atoms with Gasteiger partial charge in [-0.2, -0.15) is 9.97 Å². The quantitative estimate of drug-likeness (QED) is 0.176. The summed E-state index contributed by atoms with van der Waals surface area (Å²) in [5.74, 6) is 0.413. The summed E-state index contributed by atoms with van der Waals surface area (Å²) in [5.41, 5.74) is 4.82. The number of hydrogen-bond acceptors (Lipinski definition) is 4. The predicted octanol–water partition coefficient (Wildman–Crippen LogP) is 13.0. The Bertz CT molecular complexity index is 4040. The number of rotatable bonds is 5. The number of nitrogens with zero attached hydrogens (tertiary/aromatic N) is 5. The first kappa shape index (κ1) is 23.2. The maximum absolute atomic E-state index is 9.73. The standard InChI is InChI=1S/C51H31N5O/c1-4-15-32(16-5-1)36-23-14-24-41-42-31-35(27-30-45(42)57-48(36)41)55-43-25-12-10-21-37(43)39-28-29-40-38-22-11-13-26-44(38)56(47(40)46(39)55)51-53-49(33-17-6-2-7-18-33)52-50(54-51)34-19-8-3-9-20-34/h1-31H/i10D,11D,12D,13D,21D,22D,25D,26D,28D,29D. The van der Waals surface area contributed by atoms with E-state index in [1.807, 2.05) is 115 Å². The Hall–Kier alpha value is -7.83. The lowest BCUT2D eigenvalue weighted by Crippen LogP contribution is -2.07. The molecule has 57 heavy (non-hydrogen) atoms. The summed E-state index contributed by atoms with van der Waals surface area (Å²) in [6.07, 6.45) is 0. The lowest BCUT2D eigenvalue weighted by molar-refractivity contribution is 0.670. The molecule has 0 aliphatic carbocycles. The van der Waals surface area contributed by atoms with Crippen molar-refractivity contribution in [1.29, 1.82) is 0 Å². The van der Waals surface area contributed by atoms with Crippen molar-refractivity contribution in [2.75, 3.05) is 0 Å². The zero-order chi connectivity index (χ0) is 46.2. The fourth-order valence-corrected chi connectivity index (χ4v) is 7.94. The highest BCUT2D eigenvalue weighted by Crippen LogP contribution is 2.43. The van der Waals surface area contributed by atoms with E-state index in [9.17, 15) is 8.22 Å². The van der Waals surface area contributed by atoms with Crippen LogP contribution < -0.4 is 0 Å². The molecular weight excluding hydrogens is 699 g/mol. The molecule has 0 unspecified atom stereocenters. The van der Waals surface area contributed by atoms with Gasteiger partial charge in [-0.05, 0) is 35.8 Å². The van der Waals surface area contributed by atoms with Gasteiger partial charge >= 0.3 is 0 Å². The fraction of sp³-hybridized carbons (Fsp3) is 0. The number of furan rings is 1. The van der Waals surface area contributed by atoms with Crippen LogP contribution in [0.5, 0.6) is 0 Å². The summed E-state index contributed by atoms with van der Waals surface area (Å²) < 4.78 is 102. The van der Waals surface area contributed by atoms with Crippen molar-refractivity contribution in [2.24, 2.45) is 0 Å². The van der Waals surface area contributed by atoms with Crippen molar-refractivity contribution in [1.82, 2.24) is 24.1 Å². The van der Waals surface area contributed by atoms with E-state index in [4.69, 9.17) is 24.9 Å². The summed E-state index contributed by atoms with van der Waals surface area (Å²) in [6.45, 7) is 0. The Balaban J connectivity index is 1.32. The summed E-state index contributed by atoms with van der Waals surface area (Å²) in [6, 6.07) is 34.7. The molecule has 266 valence electrons. The van der Waals surface area contributed by atoms with Crippen LogP contribution in [-0.2, 0) is 0 Å². The van der Waals surface area contributed by atoms with Gasteiger partial charge in [-0.1, -0.05) is 158 Å². The molecule has 0 amide bonds. The van der Waals surface area contributed by atoms with E-state index in [0.717, 1.165) is 16.5 Å². The van der Waals surface area contributed by atoms with Gasteiger partial charge in [0.15, 0.2) is 11.6 Å². The lowest BCUT2D eigenvalue weighted by Gasteiger charge is -2.13. The number of benzene rings is 8. The van der Waals surface area contributed by atoms with Gasteiger partial charge in [0, 0.05) is 54.7 Å². The Morgan fingerprint density at radius 1 is 0.439 bits per heavy atom. The normalized spacial score (nSPS) is 14.3. The largest absolute Gasteiger partial charge is 0.455 e. The number of hydrogen-bond donors (Lipinski definition) is 0. The molecular formula is C51H31N5O. The van der Waals surface area contributed by atoms with Crippen LogP contribution in [0.4, 0.5) is 0 Å². The molecule has 0 bridgehead atoms. The average molecular weight is 740 g/mol. The highest BCUT2D eigenvalue weighted by molar-refractivity contribution is 6.24. The van der Waals surface area contributed by atoms with Crippen molar-refractivity contribution in [2.45, 2.75) is 0 Å². The maximum atomic E-state index is 9.73. The molecule has 0 radical (unpaired) electrons. The SMILES string of the molecule is [2H]c1c([2H])c([2H])c2c(c1[2H])c1c([2H])c([2H])c3c4c([2H])c([2H])c([2H])c([2H])c4n(-c4nc(-c5ccccc5)nc(-c5ccccc5)n4)c3c1n2-c1ccc2oc3c(-c4ccccc4)cccc3c2c1. The number of para-hydroxylation sites is 3. The van der Waals surface area contributed by atoms with Gasteiger partial charge < -0.3 is 8.98 Å². The minimum Gasteiger partial charge on any atom is -0.455 e. The number of aromatic nitrogens is 5. The van der Waals surface area contributed by atoms with Crippen LogP contribution in [0, 0.1) is 0 Å². The molecule has 6 nitrogen and oxygen atoms in total. The van der Waals surface area contributed by atoms with Gasteiger partial charge in [-0.25, -0.2) is 4.98 Å². The van der Waals surface area contributed by atoms with Crippen molar-refractivity contribution in [3.63, 3.8) is 0 Å². The van der Waals surface area contributed by atoms with Crippen molar-refractivity contribution in [3.05, 3.63) is 188 Å². The topological polar surface area (TPSA) is 61.7 Å². The van der Waals surface area contributed by atoms with Crippen LogP contribution in [0.15, 0.2) is 192 Å². The molecule has 0 N–H and O–H groups in total. The van der Waals surface area contributed by atoms with E-state index in [1.165, 1.54) is 4.57 Å². The van der Waals surface area contributed by atoms with Crippen LogP contribution in [0.3, 0.4) is 0 Å². The van der Waals surface area contributed by atoms with Crippen LogP contribution >= 0.6 is 0 Å². The second kappa shape index (κ2) is 12.3. The van der Waals surface area contributed by atoms with Gasteiger partial charge in [-0.3, -0.25) is 4.57 Å². The third-order valence-electron chi connectivity index (χ3n) is 10.5. The zero-order valence-electron chi connectivity index (χ0n) is 39.8. The Morgan fingerprint density at radius 2 is 1.00 bits per heavy atom. The van der Waals surface area contributed by atoms with Crippen molar-refractivity contribution in [3.8, 4) is 45.5 Å². The van der Waals surface area contributed by atoms with Crippen LogP contribution in [-0.4, -0.2) is 24.1 Å². The minimum atomic E-state index is -0.555. The van der Waals surface area contributed by atoms with Gasteiger partial charge in [0.25, 0.3) is 0 Å². The molecule has 8 aromatic carbocycles. The monoisotopic (exact) mass is 739 g/mol. The second-order valence-corrected chi connectivity index (χ2v) is 13.7. The van der Waals surface area contributed by atoms with Gasteiger partial charge in [0.1, 0.15) is 11.2 Å². The summed E-state index contributed by atoms with van der Waals surface area (Å²) in [7, 11) is 0. The van der Waals surface area contributed by atoms with Gasteiger partial charge in [-0.15, -0.1) is 0 Å². The summed E-state index contributed by atoms with van der Waals surface area (Å²) >= 11 is 0. The first-order valence-electron chi connectivity index (χ1n) is 23.3.